The molecule has 4 nitrogen and oxygen atoms in total. The van der Waals surface area contributed by atoms with E-state index >= 15 is 0 Å². The molecule has 0 aromatic heterocycles. The lowest BCUT2D eigenvalue weighted by Gasteiger charge is -2.15. The Morgan fingerprint density at radius 2 is 1.93 bits per heavy atom. The largest absolute Gasteiger partial charge is 0.493 e. The number of para-hydroxylation sites is 1. The molecule has 0 bridgehead atoms. The van der Waals surface area contributed by atoms with Crippen LogP contribution in [0.5, 0.6) is 11.5 Å². The second kappa shape index (κ2) is 10.9. The van der Waals surface area contributed by atoms with Gasteiger partial charge in [-0.05, 0) is 41.7 Å². The minimum atomic E-state index is -2.91. The van der Waals surface area contributed by atoms with E-state index in [4.69, 9.17) is 4.74 Å². The Morgan fingerprint density at radius 3 is 2.61 bits per heavy atom. The van der Waals surface area contributed by atoms with Crippen molar-refractivity contribution in [2.75, 3.05) is 18.2 Å². The van der Waals surface area contributed by atoms with Crippen LogP contribution in [-0.2, 0) is 10.5 Å². The minimum Gasteiger partial charge on any atom is -0.493 e. The van der Waals surface area contributed by atoms with Gasteiger partial charge < -0.3 is 14.8 Å². The first kappa shape index (κ1) is 22.0. The summed E-state index contributed by atoms with van der Waals surface area (Å²) in [6.07, 6.45) is 0.995. The second-order valence-electron chi connectivity index (χ2n) is 6.30. The van der Waals surface area contributed by atoms with E-state index in [1.807, 2.05) is 24.3 Å². The smallest absolute Gasteiger partial charge is 0.387 e. The first-order chi connectivity index (χ1) is 13.4. The molecule has 0 aliphatic rings. The number of hydrogen-bond acceptors (Lipinski definition) is 4. The van der Waals surface area contributed by atoms with E-state index in [9.17, 15) is 13.6 Å². The number of halogens is 2. The number of nitrogens with one attached hydrogen (secondary N) is 1. The van der Waals surface area contributed by atoms with E-state index in [0.29, 0.717) is 11.7 Å². The van der Waals surface area contributed by atoms with Crippen LogP contribution in [0.2, 0.25) is 0 Å². The van der Waals surface area contributed by atoms with E-state index in [0.717, 1.165) is 23.2 Å². The van der Waals surface area contributed by atoms with E-state index in [1.165, 1.54) is 24.9 Å². The lowest BCUT2D eigenvalue weighted by Crippen LogP contribution is -2.16. The van der Waals surface area contributed by atoms with Crippen LogP contribution in [0.15, 0.2) is 42.5 Å². The summed E-state index contributed by atoms with van der Waals surface area (Å²) in [5.74, 6) is 1.35. The van der Waals surface area contributed by atoms with Crippen LogP contribution in [0.25, 0.3) is 0 Å². The Morgan fingerprint density at radius 1 is 1.18 bits per heavy atom. The molecule has 28 heavy (non-hydrogen) atoms. The van der Waals surface area contributed by atoms with Crippen molar-refractivity contribution in [2.45, 2.75) is 38.6 Å². The first-order valence-electron chi connectivity index (χ1n) is 9.02. The summed E-state index contributed by atoms with van der Waals surface area (Å²) in [6, 6.07) is 12.6. The standard InChI is InChI=1S/C21H25F2NO3S/c1-4-14(2)16-7-5-6-8-17(16)24-20(25)13-28-12-15-9-10-18(27-21(22)23)19(11-15)26-3/h5-11,14,21H,4,12-13H2,1-3H3,(H,24,25)/t14-/m1/s1. The number of ether oxygens (including phenoxy) is 2. The first-order valence-corrected chi connectivity index (χ1v) is 10.2. The van der Waals surface area contributed by atoms with Crippen LogP contribution >= 0.6 is 11.8 Å². The summed E-state index contributed by atoms with van der Waals surface area (Å²) in [5, 5.41) is 2.98. The van der Waals surface area contributed by atoms with Crippen LogP contribution in [0, 0.1) is 0 Å². The van der Waals surface area contributed by atoms with Gasteiger partial charge >= 0.3 is 6.61 Å². The van der Waals surface area contributed by atoms with Crippen LogP contribution in [0.1, 0.15) is 37.3 Å². The quantitative estimate of drug-likeness (QED) is 0.548. The van der Waals surface area contributed by atoms with E-state index < -0.39 is 6.61 Å². The molecule has 7 heteroatoms. The van der Waals surface area contributed by atoms with E-state index in [2.05, 4.69) is 23.9 Å². The van der Waals surface area contributed by atoms with Gasteiger partial charge in [0.1, 0.15) is 0 Å². The molecule has 0 fully saturated rings. The maximum Gasteiger partial charge on any atom is 0.387 e. The molecule has 0 saturated heterocycles. The molecule has 2 rings (SSSR count). The van der Waals surface area contributed by atoms with Gasteiger partial charge in [-0.15, -0.1) is 11.8 Å². The number of anilines is 1. The van der Waals surface area contributed by atoms with Crippen molar-refractivity contribution < 1.29 is 23.0 Å². The predicted molar refractivity (Wildman–Crippen MR) is 110 cm³/mol. The summed E-state index contributed by atoms with van der Waals surface area (Å²) in [4.78, 5) is 12.3. The molecule has 0 unspecified atom stereocenters. The Labute approximate surface area is 168 Å². The molecule has 1 N–H and O–H groups in total. The van der Waals surface area contributed by atoms with Gasteiger partial charge in [0.2, 0.25) is 5.91 Å². The van der Waals surface area contributed by atoms with E-state index in [-0.39, 0.29) is 23.2 Å². The summed E-state index contributed by atoms with van der Waals surface area (Å²) in [5.41, 5.74) is 2.83. The molecular formula is C21H25F2NO3S. The van der Waals surface area contributed by atoms with Crippen molar-refractivity contribution in [3.05, 3.63) is 53.6 Å². The highest BCUT2D eigenvalue weighted by atomic mass is 32.2. The third kappa shape index (κ3) is 6.41. The summed E-state index contributed by atoms with van der Waals surface area (Å²) >= 11 is 1.44. The SMILES string of the molecule is CC[C@@H](C)c1ccccc1NC(=O)CSCc1ccc(OC(F)F)c(OC)c1. The fourth-order valence-electron chi connectivity index (χ4n) is 2.70. The number of rotatable bonds is 10. The molecule has 0 aliphatic carbocycles. The number of methoxy groups -OCH3 is 1. The van der Waals surface area contributed by atoms with Crippen molar-refractivity contribution in [3.8, 4) is 11.5 Å². The topological polar surface area (TPSA) is 47.6 Å². The zero-order chi connectivity index (χ0) is 20.5. The maximum absolute atomic E-state index is 12.4. The molecule has 0 heterocycles. The summed E-state index contributed by atoms with van der Waals surface area (Å²) in [6.45, 7) is 1.34. The molecule has 0 aliphatic heterocycles. The Kier molecular flexibility index (Phi) is 8.57. The second-order valence-corrected chi connectivity index (χ2v) is 7.29. The normalized spacial score (nSPS) is 11.9. The molecule has 0 saturated carbocycles. The van der Waals surface area contributed by atoms with Crippen LogP contribution in [0.3, 0.4) is 0 Å². The number of alkyl halides is 2. The Balaban J connectivity index is 1.91. The molecule has 152 valence electrons. The van der Waals surface area contributed by atoms with Gasteiger partial charge in [-0.25, -0.2) is 0 Å². The number of amides is 1. The van der Waals surface area contributed by atoms with Gasteiger partial charge in [0, 0.05) is 11.4 Å². The van der Waals surface area contributed by atoms with Crippen LogP contribution < -0.4 is 14.8 Å². The van der Waals surface area contributed by atoms with Crippen molar-refractivity contribution in [3.63, 3.8) is 0 Å². The average molecular weight is 409 g/mol. The molecular weight excluding hydrogens is 384 g/mol. The highest BCUT2D eigenvalue weighted by Crippen LogP contribution is 2.31. The van der Waals surface area contributed by atoms with Crippen LogP contribution in [-0.4, -0.2) is 25.4 Å². The zero-order valence-corrected chi connectivity index (χ0v) is 17.0. The Bertz CT molecular complexity index is 786. The molecule has 1 amide bonds. The highest BCUT2D eigenvalue weighted by molar-refractivity contribution is 7.99. The number of benzene rings is 2. The predicted octanol–water partition coefficient (Wildman–Crippen LogP) is 5.68. The fourth-order valence-corrected chi connectivity index (χ4v) is 3.48. The van der Waals surface area contributed by atoms with Gasteiger partial charge in [0.25, 0.3) is 0 Å². The van der Waals surface area contributed by atoms with Gasteiger partial charge in [-0.2, -0.15) is 8.78 Å². The van der Waals surface area contributed by atoms with Crippen molar-refractivity contribution in [2.24, 2.45) is 0 Å². The van der Waals surface area contributed by atoms with Crippen molar-refractivity contribution in [1.82, 2.24) is 0 Å². The molecule has 2 aromatic carbocycles. The Hall–Kier alpha value is -2.28. The number of thioether (sulfide) groups is 1. The van der Waals surface area contributed by atoms with Gasteiger partial charge in [-0.3, -0.25) is 4.79 Å². The van der Waals surface area contributed by atoms with Crippen molar-refractivity contribution in [1.29, 1.82) is 0 Å². The van der Waals surface area contributed by atoms with Crippen molar-refractivity contribution >= 4 is 23.4 Å². The average Bonchev–Trinajstić information content (AvgIpc) is 2.68. The number of hydrogen-bond donors (Lipinski definition) is 1. The molecule has 0 radical (unpaired) electrons. The summed E-state index contributed by atoms with van der Waals surface area (Å²) < 4.78 is 34.3. The van der Waals surface area contributed by atoms with E-state index in [1.54, 1.807) is 12.1 Å². The van der Waals surface area contributed by atoms with Gasteiger partial charge in [0.05, 0.1) is 12.9 Å². The lowest BCUT2D eigenvalue weighted by molar-refractivity contribution is -0.113. The maximum atomic E-state index is 12.4. The van der Waals surface area contributed by atoms with Crippen LogP contribution in [0.4, 0.5) is 14.5 Å². The number of carbonyl (C=O) groups excluding carboxylic acids is 1. The third-order valence-electron chi connectivity index (χ3n) is 4.32. The monoisotopic (exact) mass is 409 g/mol. The minimum absolute atomic E-state index is 0.00866. The molecule has 2 aromatic rings. The van der Waals surface area contributed by atoms with Gasteiger partial charge in [-0.1, -0.05) is 38.1 Å². The van der Waals surface area contributed by atoms with Gasteiger partial charge in [0.15, 0.2) is 11.5 Å². The molecule has 1 atom stereocenters. The lowest BCUT2D eigenvalue weighted by atomic mass is 9.97. The fraction of sp³-hybridized carbons (Fsp3) is 0.381. The third-order valence-corrected chi connectivity index (χ3v) is 5.33. The summed E-state index contributed by atoms with van der Waals surface area (Å²) in [7, 11) is 1.40. The zero-order valence-electron chi connectivity index (χ0n) is 16.2. The number of carbonyl (C=O) groups is 1. The molecule has 0 spiro atoms. The highest BCUT2D eigenvalue weighted by Gasteiger charge is 2.13.